The number of aryl methyl sites for hydroxylation is 2. The van der Waals surface area contributed by atoms with Gasteiger partial charge in [0.25, 0.3) is 0 Å². The number of rotatable bonds is 4. The molecule has 0 radical (unpaired) electrons. The van der Waals surface area contributed by atoms with Gasteiger partial charge in [-0.2, -0.15) is 0 Å². The van der Waals surface area contributed by atoms with Gasteiger partial charge >= 0.3 is 0 Å². The fourth-order valence-corrected chi connectivity index (χ4v) is 4.08. The van der Waals surface area contributed by atoms with Crippen molar-refractivity contribution in [3.05, 3.63) is 17.0 Å². The van der Waals surface area contributed by atoms with Crippen LogP contribution in [0.5, 0.6) is 0 Å². The van der Waals surface area contributed by atoms with Crippen LogP contribution in [0.15, 0.2) is 4.52 Å². The van der Waals surface area contributed by atoms with E-state index in [0.29, 0.717) is 31.3 Å². The number of likely N-dealkylation sites (tertiary alicyclic amines) is 1. The third-order valence-electron chi connectivity index (χ3n) is 5.80. The van der Waals surface area contributed by atoms with Crippen LogP contribution in [-0.4, -0.2) is 41.0 Å². The largest absolute Gasteiger partial charge is 0.361 e. The molecule has 0 aromatic carbocycles. The number of amides is 2. The smallest absolute Gasteiger partial charge is 0.227 e. The second-order valence-electron chi connectivity index (χ2n) is 7.91. The van der Waals surface area contributed by atoms with Crippen LogP contribution in [0.3, 0.4) is 0 Å². The molecule has 1 aliphatic carbocycles. The first kappa shape index (κ1) is 18.0. The molecular formula is C19H29N3O3. The summed E-state index contributed by atoms with van der Waals surface area (Å²) in [6.07, 6.45) is 6.55. The fourth-order valence-electron chi connectivity index (χ4n) is 4.08. The minimum Gasteiger partial charge on any atom is -0.361 e. The van der Waals surface area contributed by atoms with Gasteiger partial charge in [-0.05, 0) is 46.5 Å². The number of nitrogens with one attached hydrogen (secondary N) is 1. The third-order valence-corrected chi connectivity index (χ3v) is 5.80. The zero-order valence-electron chi connectivity index (χ0n) is 15.6. The van der Waals surface area contributed by atoms with Crippen LogP contribution in [-0.2, 0) is 16.0 Å². The maximum Gasteiger partial charge on any atom is 0.227 e. The van der Waals surface area contributed by atoms with Crippen molar-refractivity contribution < 1.29 is 14.1 Å². The minimum absolute atomic E-state index is 0.0500. The van der Waals surface area contributed by atoms with Crippen LogP contribution in [0.25, 0.3) is 0 Å². The van der Waals surface area contributed by atoms with Crippen molar-refractivity contribution in [3.63, 3.8) is 0 Å². The summed E-state index contributed by atoms with van der Waals surface area (Å²) >= 11 is 0. The monoisotopic (exact) mass is 347 g/mol. The average molecular weight is 347 g/mol. The van der Waals surface area contributed by atoms with Crippen molar-refractivity contribution in [1.82, 2.24) is 15.4 Å². The highest BCUT2D eigenvalue weighted by atomic mass is 16.5. The van der Waals surface area contributed by atoms with Crippen LogP contribution in [0.2, 0.25) is 0 Å². The summed E-state index contributed by atoms with van der Waals surface area (Å²) in [5, 5.41) is 7.13. The van der Waals surface area contributed by atoms with Gasteiger partial charge in [-0.3, -0.25) is 9.59 Å². The van der Waals surface area contributed by atoms with E-state index >= 15 is 0 Å². The lowest BCUT2D eigenvalue weighted by molar-refractivity contribution is -0.140. The van der Waals surface area contributed by atoms with Crippen molar-refractivity contribution in [2.75, 3.05) is 13.1 Å². The van der Waals surface area contributed by atoms with Gasteiger partial charge in [0.05, 0.1) is 17.5 Å². The number of piperidine rings is 1. The topological polar surface area (TPSA) is 75.4 Å². The summed E-state index contributed by atoms with van der Waals surface area (Å²) < 4.78 is 5.15. The summed E-state index contributed by atoms with van der Waals surface area (Å²) in [5.41, 5.74) is 1.15. The van der Waals surface area contributed by atoms with Crippen molar-refractivity contribution >= 4 is 11.8 Å². The maximum atomic E-state index is 12.8. The van der Waals surface area contributed by atoms with Gasteiger partial charge < -0.3 is 14.7 Å². The molecular weight excluding hydrogens is 318 g/mol. The highest BCUT2D eigenvalue weighted by Crippen LogP contribution is 2.31. The summed E-state index contributed by atoms with van der Waals surface area (Å²) in [5.74, 6) is 0.854. The molecule has 25 heavy (non-hydrogen) atoms. The Hall–Kier alpha value is -1.85. The molecule has 6 heteroatoms. The second kappa shape index (κ2) is 7.18. The molecule has 1 aromatic heterocycles. The Morgan fingerprint density at radius 1 is 1.28 bits per heavy atom. The molecule has 0 unspecified atom stereocenters. The number of hydrogen-bond acceptors (Lipinski definition) is 4. The lowest BCUT2D eigenvalue weighted by atomic mass is 9.80. The molecule has 3 rings (SSSR count). The van der Waals surface area contributed by atoms with E-state index in [4.69, 9.17) is 4.52 Å². The van der Waals surface area contributed by atoms with E-state index in [0.717, 1.165) is 36.9 Å². The van der Waals surface area contributed by atoms with Crippen molar-refractivity contribution in [3.8, 4) is 0 Å². The summed E-state index contributed by atoms with van der Waals surface area (Å²) in [4.78, 5) is 27.4. The first-order chi connectivity index (χ1) is 11.9. The predicted molar refractivity (Wildman–Crippen MR) is 94.0 cm³/mol. The second-order valence-corrected chi connectivity index (χ2v) is 7.91. The molecule has 0 bridgehead atoms. The molecule has 0 spiro atoms. The highest BCUT2D eigenvalue weighted by molar-refractivity contribution is 5.85. The zero-order valence-corrected chi connectivity index (χ0v) is 15.6. The van der Waals surface area contributed by atoms with Gasteiger partial charge in [0.2, 0.25) is 11.8 Å². The Morgan fingerprint density at radius 3 is 2.64 bits per heavy atom. The Kier molecular flexibility index (Phi) is 5.16. The molecule has 1 N–H and O–H groups in total. The zero-order chi connectivity index (χ0) is 18.0. The van der Waals surface area contributed by atoms with E-state index in [9.17, 15) is 9.59 Å². The highest BCUT2D eigenvalue weighted by Gasteiger charge is 2.40. The van der Waals surface area contributed by atoms with E-state index in [-0.39, 0.29) is 11.8 Å². The molecule has 2 aliphatic rings. The Morgan fingerprint density at radius 2 is 2.00 bits per heavy atom. The van der Waals surface area contributed by atoms with Crippen LogP contribution >= 0.6 is 0 Å². The first-order valence-corrected chi connectivity index (χ1v) is 9.39. The summed E-state index contributed by atoms with van der Waals surface area (Å²) in [6.45, 7) is 6.89. The van der Waals surface area contributed by atoms with Gasteiger partial charge in [0.15, 0.2) is 0 Å². The van der Waals surface area contributed by atoms with Crippen LogP contribution in [0.4, 0.5) is 0 Å². The third kappa shape index (κ3) is 3.88. The van der Waals surface area contributed by atoms with Crippen LogP contribution in [0, 0.1) is 19.3 Å². The summed E-state index contributed by atoms with van der Waals surface area (Å²) in [7, 11) is 0. The SMILES string of the molecule is Cc1noc(C)c1CC(=O)N1CCC[C@@](C)(C(=O)NC2CCCC2)C1. The average Bonchev–Trinajstić information content (AvgIpc) is 3.20. The Bertz CT molecular complexity index is 629. The number of carbonyl (C=O) groups excluding carboxylic acids is 2. The van der Waals surface area contributed by atoms with Crippen LogP contribution < -0.4 is 5.32 Å². The van der Waals surface area contributed by atoms with Crippen LogP contribution in [0.1, 0.15) is 62.5 Å². The quantitative estimate of drug-likeness (QED) is 0.908. The number of nitrogens with zero attached hydrogens (tertiary/aromatic N) is 2. The van der Waals surface area contributed by atoms with E-state index in [1.807, 2.05) is 25.7 Å². The van der Waals surface area contributed by atoms with Gasteiger partial charge in [0.1, 0.15) is 5.76 Å². The Balaban J connectivity index is 1.63. The molecule has 1 saturated carbocycles. The van der Waals surface area contributed by atoms with E-state index in [1.165, 1.54) is 12.8 Å². The number of aromatic nitrogens is 1. The maximum absolute atomic E-state index is 12.8. The van der Waals surface area contributed by atoms with Crippen molar-refractivity contribution in [2.24, 2.45) is 5.41 Å². The van der Waals surface area contributed by atoms with Gasteiger partial charge in [-0.1, -0.05) is 18.0 Å². The summed E-state index contributed by atoms with van der Waals surface area (Å²) in [6, 6.07) is 0.317. The molecule has 2 heterocycles. The van der Waals surface area contributed by atoms with Crippen molar-refractivity contribution in [1.29, 1.82) is 0 Å². The number of carbonyl (C=O) groups is 2. The van der Waals surface area contributed by atoms with Gasteiger partial charge in [-0.25, -0.2) is 0 Å². The number of hydrogen-bond donors (Lipinski definition) is 1. The lowest BCUT2D eigenvalue weighted by Gasteiger charge is -2.40. The minimum atomic E-state index is -0.491. The lowest BCUT2D eigenvalue weighted by Crippen LogP contribution is -2.53. The molecule has 1 aliphatic heterocycles. The Labute approximate surface area is 149 Å². The molecule has 6 nitrogen and oxygen atoms in total. The standard InChI is InChI=1S/C19H29N3O3/c1-13-16(14(2)25-21-13)11-17(23)22-10-6-9-19(3,12-22)18(24)20-15-7-4-5-8-15/h15H,4-12H2,1-3H3,(H,20,24)/t19-/m1/s1. The fraction of sp³-hybridized carbons (Fsp3) is 0.737. The van der Waals surface area contributed by atoms with E-state index in [1.54, 1.807) is 0 Å². The van der Waals surface area contributed by atoms with Gasteiger partial charge in [-0.15, -0.1) is 0 Å². The van der Waals surface area contributed by atoms with Crippen molar-refractivity contribution in [2.45, 2.75) is 71.8 Å². The van der Waals surface area contributed by atoms with E-state index in [2.05, 4.69) is 10.5 Å². The van der Waals surface area contributed by atoms with Gasteiger partial charge in [0, 0.05) is 24.7 Å². The molecule has 2 amide bonds. The van der Waals surface area contributed by atoms with E-state index < -0.39 is 5.41 Å². The molecule has 1 atom stereocenters. The first-order valence-electron chi connectivity index (χ1n) is 9.39. The molecule has 138 valence electrons. The predicted octanol–water partition coefficient (Wildman–Crippen LogP) is 2.52. The molecule has 1 saturated heterocycles. The normalized spacial score (nSPS) is 24.5. The molecule has 2 fully saturated rings. The molecule has 1 aromatic rings.